The highest BCUT2D eigenvalue weighted by Crippen LogP contribution is 2.36. The third kappa shape index (κ3) is 8.80. The zero-order valence-electron chi connectivity index (χ0n) is 19.4. The number of nitrogens with one attached hydrogen (secondary N) is 2. The van der Waals surface area contributed by atoms with Gasteiger partial charge in [0, 0.05) is 17.9 Å². The molecule has 7 nitrogen and oxygen atoms in total. The molecule has 0 bridgehead atoms. The number of aromatic nitrogens is 2. The molecule has 1 atom stereocenters. The van der Waals surface area contributed by atoms with E-state index in [-0.39, 0.29) is 16.9 Å². The molecule has 2 rings (SSSR count). The minimum absolute atomic E-state index is 0.00193. The van der Waals surface area contributed by atoms with Gasteiger partial charge in [0.15, 0.2) is 13.5 Å². The first-order valence-electron chi connectivity index (χ1n) is 10.2. The van der Waals surface area contributed by atoms with Gasteiger partial charge in [-0.2, -0.15) is 0 Å². The third-order valence-corrected chi connectivity index (χ3v) is 11.1. The molecule has 1 heterocycles. The van der Waals surface area contributed by atoms with Gasteiger partial charge in [0.25, 0.3) is 0 Å². The van der Waals surface area contributed by atoms with Crippen molar-refractivity contribution in [2.75, 3.05) is 22.9 Å². The lowest BCUT2D eigenvalue weighted by atomic mass is 10.2. The summed E-state index contributed by atoms with van der Waals surface area (Å²) in [4.78, 5) is 8.93. The number of hydrogen-bond donors (Lipinski definition) is 2. The van der Waals surface area contributed by atoms with E-state index in [9.17, 15) is 8.42 Å². The molecule has 0 aliphatic heterocycles. The Morgan fingerprint density at radius 2 is 1.74 bits per heavy atom. The summed E-state index contributed by atoms with van der Waals surface area (Å²) in [5, 5.41) is 3.96. The fourth-order valence-corrected chi connectivity index (χ4v) is 4.77. The molecule has 0 spiro atoms. The van der Waals surface area contributed by atoms with Crippen molar-refractivity contribution in [2.45, 2.75) is 62.8 Å². The monoisotopic (exact) mass is 482 g/mol. The maximum absolute atomic E-state index is 11.7. The number of rotatable bonds is 10. The summed E-state index contributed by atoms with van der Waals surface area (Å²) in [6.07, 6.45) is 1.11. The summed E-state index contributed by atoms with van der Waals surface area (Å²) in [5.41, 5.74) is 1.14. The molecule has 0 aliphatic carbocycles. The molecule has 1 aromatic carbocycles. The van der Waals surface area contributed by atoms with Gasteiger partial charge in [-0.1, -0.05) is 62.9 Å². The van der Waals surface area contributed by atoms with Gasteiger partial charge < -0.3 is 9.74 Å². The van der Waals surface area contributed by atoms with Crippen LogP contribution in [0.4, 0.5) is 11.6 Å². The fourth-order valence-electron chi connectivity index (χ4n) is 2.37. The van der Waals surface area contributed by atoms with Gasteiger partial charge in [-0.3, -0.25) is 4.72 Å². The van der Waals surface area contributed by atoms with Crippen LogP contribution in [0, 0.1) is 0 Å². The predicted octanol–water partition coefficient (Wildman–Crippen LogP) is 4.96. The number of sulfonamides is 1. The average molecular weight is 483 g/mol. The zero-order valence-corrected chi connectivity index (χ0v) is 22.0. The van der Waals surface area contributed by atoms with Crippen molar-refractivity contribution in [3.05, 3.63) is 42.0 Å². The quantitative estimate of drug-likeness (QED) is 0.281. The van der Waals surface area contributed by atoms with E-state index >= 15 is 0 Å². The van der Waals surface area contributed by atoms with Crippen LogP contribution in [-0.2, 0) is 20.2 Å². The number of anilines is 2. The number of benzene rings is 1. The van der Waals surface area contributed by atoms with Gasteiger partial charge in [-0.25, -0.2) is 18.4 Å². The van der Waals surface area contributed by atoms with Crippen LogP contribution in [-0.4, -0.2) is 45.6 Å². The van der Waals surface area contributed by atoms with Crippen LogP contribution in [0.3, 0.4) is 0 Å². The molecule has 1 aromatic heterocycles. The van der Waals surface area contributed by atoms with Crippen LogP contribution in [0.1, 0.15) is 33.3 Å². The lowest BCUT2D eigenvalue weighted by molar-refractivity contribution is 0.276. The van der Waals surface area contributed by atoms with Gasteiger partial charge >= 0.3 is 0 Å². The Morgan fingerprint density at radius 3 is 2.32 bits per heavy atom. The highest BCUT2D eigenvalue weighted by molar-refractivity contribution is 7.98. The Kier molecular flexibility index (Phi) is 8.54. The van der Waals surface area contributed by atoms with Crippen LogP contribution in [0.25, 0.3) is 0 Å². The van der Waals surface area contributed by atoms with E-state index in [1.807, 2.05) is 37.3 Å². The summed E-state index contributed by atoms with van der Waals surface area (Å²) in [5.74, 6) is 1.49. The van der Waals surface area contributed by atoms with E-state index < -0.39 is 18.3 Å². The molecule has 0 amide bonds. The van der Waals surface area contributed by atoms with Crippen molar-refractivity contribution in [1.29, 1.82) is 0 Å². The van der Waals surface area contributed by atoms with E-state index in [0.29, 0.717) is 23.3 Å². The summed E-state index contributed by atoms with van der Waals surface area (Å²) >= 11 is 1.45. The zero-order chi connectivity index (χ0) is 23.3. The van der Waals surface area contributed by atoms with Gasteiger partial charge in [0.2, 0.25) is 10.0 Å². The molecule has 172 valence electrons. The molecule has 10 heteroatoms. The Labute approximate surface area is 192 Å². The predicted molar refractivity (Wildman–Crippen MR) is 133 cm³/mol. The van der Waals surface area contributed by atoms with Crippen molar-refractivity contribution >= 4 is 41.7 Å². The van der Waals surface area contributed by atoms with E-state index in [4.69, 9.17) is 4.43 Å². The summed E-state index contributed by atoms with van der Waals surface area (Å²) in [6.45, 7) is 13.6. The largest absolute Gasteiger partial charge is 0.415 e. The SMILES string of the molecule is C[C@H](CO[Si](C)(C)C(C)(C)C)Nc1cc(NS(C)(=O)=O)nc(SCc2ccccc2)n1. The average Bonchev–Trinajstić information content (AvgIpc) is 2.63. The first-order valence-corrected chi connectivity index (χ1v) is 16.0. The molecule has 0 saturated carbocycles. The lowest BCUT2D eigenvalue weighted by Gasteiger charge is -2.37. The summed E-state index contributed by atoms with van der Waals surface area (Å²) in [6, 6.07) is 11.6. The maximum atomic E-state index is 11.7. The van der Waals surface area contributed by atoms with E-state index in [1.165, 1.54) is 11.8 Å². The second-order valence-electron chi connectivity index (χ2n) is 9.19. The molecule has 2 aromatic rings. The van der Waals surface area contributed by atoms with Gasteiger partial charge in [0.05, 0.1) is 12.9 Å². The smallest absolute Gasteiger partial charge is 0.230 e. The van der Waals surface area contributed by atoms with Crippen LogP contribution in [0.2, 0.25) is 18.1 Å². The molecule has 0 fully saturated rings. The second-order valence-corrected chi connectivity index (χ2v) is 16.7. The molecular formula is C21H34N4O3S2Si. The normalized spacial score (nSPS) is 13.6. The maximum Gasteiger partial charge on any atom is 0.230 e. The minimum Gasteiger partial charge on any atom is -0.415 e. The van der Waals surface area contributed by atoms with Gasteiger partial charge in [-0.15, -0.1) is 0 Å². The second kappa shape index (κ2) is 10.3. The van der Waals surface area contributed by atoms with Crippen molar-refractivity contribution < 1.29 is 12.8 Å². The van der Waals surface area contributed by atoms with Crippen LogP contribution in [0.5, 0.6) is 0 Å². The Balaban J connectivity index is 2.13. The number of nitrogens with zero attached hydrogens (tertiary/aromatic N) is 2. The highest BCUT2D eigenvalue weighted by Gasteiger charge is 2.37. The molecule has 0 unspecified atom stereocenters. The molecule has 0 aliphatic rings. The van der Waals surface area contributed by atoms with Crippen LogP contribution < -0.4 is 10.0 Å². The number of hydrogen-bond acceptors (Lipinski definition) is 7. The van der Waals surface area contributed by atoms with Crippen LogP contribution >= 0.6 is 11.8 Å². The van der Waals surface area contributed by atoms with Gasteiger partial charge in [0.1, 0.15) is 11.6 Å². The third-order valence-electron chi connectivity index (χ3n) is 5.10. The Bertz CT molecular complexity index is 964. The first kappa shape index (κ1) is 25.6. The summed E-state index contributed by atoms with van der Waals surface area (Å²) < 4.78 is 32.2. The van der Waals surface area contributed by atoms with Gasteiger partial charge in [-0.05, 0) is 30.6 Å². The van der Waals surface area contributed by atoms with E-state index in [0.717, 1.165) is 11.8 Å². The van der Waals surface area contributed by atoms with E-state index in [1.54, 1.807) is 6.07 Å². The van der Waals surface area contributed by atoms with Crippen molar-refractivity contribution in [2.24, 2.45) is 0 Å². The molecule has 31 heavy (non-hydrogen) atoms. The molecule has 0 radical (unpaired) electrons. The summed E-state index contributed by atoms with van der Waals surface area (Å²) in [7, 11) is -5.31. The lowest BCUT2D eigenvalue weighted by Crippen LogP contribution is -2.43. The molecular weight excluding hydrogens is 448 g/mol. The Hall–Kier alpha value is -1.62. The molecule has 2 N–H and O–H groups in total. The first-order chi connectivity index (χ1) is 14.2. The fraction of sp³-hybridized carbons (Fsp3) is 0.524. The Morgan fingerprint density at radius 1 is 1.13 bits per heavy atom. The van der Waals surface area contributed by atoms with Crippen molar-refractivity contribution in [1.82, 2.24) is 9.97 Å². The van der Waals surface area contributed by atoms with E-state index in [2.05, 4.69) is 53.9 Å². The van der Waals surface area contributed by atoms with Crippen LogP contribution in [0.15, 0.2) is 41.6 Å². The minimum atomic E-state index is -3.45. The standard InChI is InChI=1S/C21H34N4O3S2Si/c1-16(14-28-31(6,7)21(2,3)4)22-18-13-19(25-30(5,26)27)24-20(23-18)29-15-17-11-9-8-10-12-17/h8-13,16H,14-15H2,1-7H3,(H2,22,23,24,25)/t16-/m1/s1. The molecule has 0 saturated heterocycles. The number of thioether (sulfide) groups is 1. The van der Waals surface area contributed by atoms with Crippen molar-refractivity contribution in [3.63, 3.8) is 0 Å². The highest BCUT2D eigenvalue weighted by atomic mass is 32.2. The topological polar surface area (TPSA) is 93.2 Å². The van der Waals surface area contributed by atoms with Crippen molar-refractivity contribution in [3.8, 4) is 0 Å².